The largest absolute Gasteiger partial charge is 0.352 e. The summed E-state index contributed by atoms with van der Waals surface area (Å²) in [5.41, 5.74) is 2.87. The van der Waals surface area contributed by atoms with Gasteiger partial charge in [0.05, 0.1) is 5.69 Å². The van der Waals surface area contributed by atoms with Crippen LogP contribution < -0.4 is 5.32 Å². The fourth-order valence-corrected chi connectivity index (χ4v) is 2.02. The first-order valence-electron chi connectivity index (χ1n) is 6.46. The average Bonchev–Trinajstić information content (AvgIpc) is 3.31. The van der Waals surface area contributed by atoms with Crippen molar-refractivity contribution < 1.29 is 4.79 Å². The molecular formula is C15H15N3O. The molecule has 4 nitrogen and oxygen atoms in total. The van der Waals surface area contributed by atoms with E-state index in [0.29, 0.717) is 6.54 Å². The Labute approximate surface area is 111 Å². The maximum atomic E-state index is 11.7. The second kappa shape index (κ2) is 5.18. The van der Waals surface area contributed by atoms with Crippen molar-refractivity contribution in [2.45, 2.75) is 19.4 Å². The molecule has 1 N–H and O–H groups in total. The Bertz CT molecular complexity index is 579. The Morgan fingerprint density at radius 2 is 2.11 bits per heavy atom. The quantitative estimate of drug-likeness (QED) is 0.908. The van der Waals surface area contributed by atoms with Crippen LogP contribution in [0.4, 0.5) is 0 Å². The van der Waals surface area contributed by atoms with Gasteiger partial charge in [-0.05, 0) is 36.6 Å². The van der Waals surface area contributed by atoms with Crippen molar-refractivity contribution in [3.8, 4) is 11.3 Å². The molecule has 1 fully saturated rings. The highest BCUT2D eigenvalue weighted by Crippen LogP contribution is 2.29. The fourth-order valence-electron chi connectivity index (χ4n) is 2.02. The molecule has 0 aromatic carbocycles. The SMILES string of the molecule is O=C(NCc1cccnc1-c1cccnc1)C1CC1. The van der Waals surface area contributed by atoms with Gasteiger partial charge in [0, 0.05) is 36.6 Å². The average molecular weight is 253 g/mol. The maximum absolute atomic E-state index is 11.7. The number of amides is 1. The topological polar surface area (TPSA) is 54.9 Å². The van der Waals surface area contributed by atoms with Crippen LogP contribution in [0.1, 0.15) is 18.4 Å². The van der Waals surface area contributed by atoms with Crippen molar-refractivity contribution in [1.82, 2.24) is 15.3 Å². The van der Waals surface area contributed by atoms with Crippen molar-refractivity contribution >= 4 is 5.91 Å². The lowest BCUT2D eigenvalue weighted by atomic mass is 10.1. The van der Waals surface area contributed by atoms with Gasteiger partial charge in [-0.25, -0.2) is 0 Å². The van der Waals surface area contributed by atoms with E-state index in [1.807, 2.05) is 24.3 Å². The summed E-state index contributed by atoms with van der Waals surface area (Å²) in [6, 6.07) is 7.74. The van der Waals surface area contributed by atoms with Crippen molar-refractivity contribution in [3.63, 3.8) is 0 Å². The van der Waals surface area contributed by atoms with Gasteiger partial charge in [0.25, 0.3) is 0 Å². The summed E-state index contributed by atoms with van der Waals surface area (Å²) in [5.74, 6) is 0.388. The third-order valence-corrected chi connectivity index (χ3v) is 3.23. The number of nitrogens with one attached hydrogen (secondary N) is 1. The second-order valence-electron chi connectivity index (χ2n) is 4.74. The van der Waals surface area contributed by atoms with Crippen LogP contribution in [0.5, 0.6) is 0 Å². The van der Waals surface area contributed by atoms with Crippen LogP contribution in [0.15, 0.2) is 42.9 Å². The highest BCUT2D eigenvalue weighted by Gasteiger charge is 2.29. The minimum Gasteiger partial charge on any atom is -0.352 e. The summed E-state index contributed by atoms with van der Waals surface area (Å²) in [6.07, 6.45) is 7.33. The number of hydrogen-bond donors (Lipinski definition) is 1. The van der Waals surface area contributed by atoms with E-state index in [1.165, 1.54) is 0 Å². The highest BCUT2D eigenvalue weighted by molar-refractivity contribution is 5.81. The van der Waals surface area contributed by atoms with Gasteiger partial charge in [0.15, 0.2) is 0 Å². The van der Waals surface area contributed by atoms with Gasteiger partial charge in [0.2, 0.25) is 5.91 Å². The summed E-state index contributed by atoms with van der Waals surface area (Å²) in [4.78, 5) is 20.2. The number of nitrogens with zero attached hydrogens (tertiary/aromatic N) is 2. The molecule has 1 amide bonds. The van der Waals surface area contributed by atoms with E-state index in [9.17, 15) is 4.79 Å². The van der Waals surface area contributed by atoms with E-state index in [0.717, 1.165) is 29.7 Å². The molecule has 0 unspecified atom stereocenters. The van der Waals surface area contributed by atoms with Crippen LogP contribution in [0, 0.1) is 5.92 Å². The van der Waals surface area contributed by atoms with Gasteiger partial charge >= 0.3 is 0 Å². The third-order valence-electron chi connectivity index (χ3n) is 3.23. The van der Waals surface area contributed by atoms with E-state index in [2.05, 4.69) is 15.3 Å². The molecule has 4 heteroatoms. The van der Waals surface area contributed by atoms with E-state index >= 15 is 0 Å². The lowest BCUT2D eigenvalue weighted by Gasteiger charge is -2.09. The van der Waals surface area contributed by atoms with Gasteiger partial charge in [-0.15, -0.1) is 0 Å². The zero-order chi connectivity index (χ0) is 13.1. The Morgan fingerprint density at radius 1 is 1.26 bits per heavy atom. The molecule has 3 rings (SSSR count). The number of aromatic nitrogens is 2. The molecule has 0 saturated heterocycles. The summed E-state index contributed by atoms with van der Waals surface area (Å²) < 4.78 is 0. The molecule has 2 heterocycles. The smallest absolute Gasteiger partial charge is 0.223 e. The Morgan fingerprint density at radius 3 is 2.84 bits per heavy atom. The Kier molecular flexibility index (Phi) is 3.23. The van der Waals surface area contributed by atoms with Gasteiger partial charge in [-0.3, -0.25) is 14.8 Å². The minimum atomic E-state index is 0.154. The fraction of sp³-hybridized carbons (Fsp3) is 0.267. The summed E-state index contributed by atoms with van der Waals surface area (Å²) in [5, 5.41) is 2.97. The summed E-state index contributed by atoms with van der Waals surface area (Å²) in [7, 11) is 0. The molecule has 2 aromatic heterocycles. The van der Waals surface area contributed by atoms with Crippen LogP contribution in [-0.4, -0.2) is 15.9 Å². The van der Waals surface area contributed by atoms with E-state index in [4.69, 9.17) is 0 Å². The van der Waals surface area contributed by atoms with E-state index < -0.39 is 0 Å². The van der Waals surface area contributed by atoms with Crippen molar-refractivity contribution in [1.29, 1.82) is 0 Å². The minimum absolute atomic E-state index is 0.154. The van der Waals surface area contributed by atoms with Crippen LogP contribution in [0.3, 0.4) is 0 Å². The van der Waals surface area contributed by atoms with Crippen LogP contribution in [0.25, 0.3) is 11.3 Å². The third kappa shape index (κ3) is 2.78. The lowest BCUT2D eigenvalue weighted by molar-refractivity contribution is -0.122. The van der Waals surface area contributed by atoms with Crippen molar-refractivity contribution in [3.05, 3.63) is 48.4 Å². The first-order valence-corrected chi connectivity index (χ1v) is 6.46. The van der Waals surface area contributed by atoms with Crippen molar-refractivity contribution in [2.24, 2.45) is 5.92 Å². The number of carbonyl (C=O) groups is 1. The standard InChI is InChI=1S/C15H15N3O/c19-15(11-5-6-11)18-10-13-4-2-8-17-14(13)12-3-1-7-16-9-12/h1-4,7-9,11H,5-6,10H2,(H,18,19). The van der Waals surface area contributed by atoms with E-state index in [-0.39, 0.29) is 11.8 Å². The predicted molar refractivity (Wildman–Crippen MR) is 72.0 cm³/mol. The molecule has 96 valence electrons. The molecule has 1 saturated carbocycles. The molecule has 0 spiro atoms. The Balaban J connectivity index is 1.79. The van der Waals surface area contributed by atoms with Gasteiger partial charge in [-0.1, -0.05) is 6.07 Å². The molecule has 0 atom stereocenters. The van der Waals surface area contributed by atoms with Gasteiger partial charge < -0.3 is 5.32 Å². The first kappa shape index (κ1) is 11.8. The number of hydrogen-bond acceptors (Lipinski definition) is 3. The molecule has 2 aromatic rings. The zero-order valence-electron chi connectivity index (χ0n) is 10.5. The first-order chi connectivity index (χ1) is 9.34. The summed E-state index contributed by atoms with van der Waals surface area (Å²) in [6.45, 7) is 0.521. The van der Waals surface area contributed by atoms with E-state index in [1.54, 1.807) is 18.6 Å². The molecule has 1 aliphatic carbocycles. The molecule has 1 aliphatic rings. The van der Waals surface area contributed by atoms with Crippen LogP contribution >= 0.6 is 0 Å². The van der Waals surface area contributed by atoms with Gasteiger partial charge in [0.1, 0.15) is 0 Å². The number of pyridine rings is 2. The monoisotopic (exact) mass is 253 g/mol. The molecule has 0 radical (unpaired) electrons. The lowest BCUT2D eigenvalue weighted by Crippen LogP contribution is -2.24. The number of carbonyl (C=O) groups excluding carboxylic acids is 1. The molecule has 0 bridgehead atoms. The molecule has 0 aliphatic heterocycles. The number of rotatable bonds is 4. The molecule has 19 heavy (non-hydrogen) atoms. The summed E-state index contributed by atoms with van der Waals surface area (Å²) >= 11 is 0. The predicted octanol–water partition coefficient (Wildman–Crippen LogP) is 2.17. The zero-order valence-corrected chi connectivity index (χ0v) is 10.5. The molecular weight excluding hydrogens is 238 g/mol. The maximum Gasteiger partial charge on any atom is 0.223 e. The normalized spacial score (nSPS) is 14.1. The van der Waals surface area contributed by atoms with Gasteiger partial charge in [-0.2, -0.15) is 0 Å². The van der Waals surface area contributed by atoms with Crippen LogP contribution in [-0.2, 0) is 11.3 Å². The highest BCUT2D eigenvalue weighted by atomic mass is 16.2. The van der Waals surface area contributed by atoms with Crippen LogP contribution in [0.2, 0.25) is 0 Å². The second-order valence-corrected chi connectivity index (χ2v) is 4.74. The Hall–Kier alpha value is -2.23. The van der Waals surface area contributed by atoms with Crippen molar-refractivity contribution in [2.75, 3.05) is 0 Å².